The third-order valence-electron chi connectivity index (χ3n) is 3.28. The van der Waals surface area contributed by atoms with E-state index >= 15 is 0 Å². The summed E-state index contributed by atoms with van der Waals surface area (Å²) in [6.07, 6.45) is 3.23. The largest absolute Gasteiger partial charge is 0.444 e. The Bertz CT molecular complexity index is 538. The van der Waals surface area contributed by atoms with Gasteiger partial charge in [-0.15, -0.1) is 11.6 Å². The second-order valence-electron chi connectivity index (χ2n) is 8.32. The van der Waals surface area contributed by atoms with Crippen LogP contribution in [0.4, 0.5) is 4.79 Å². The van der Waals surface area contributed by atoms with E-state index in [1.807, 2.05) is 31.5 Å². The van der Waals surface area contributed by atoms with Gasteiger partial charge in [0.15, 0.2) is 0 Å². The van der Waals surface area contributed by atoms with Gasteiger partial charge >= 0.3 is 6.09 Å². The zero-order valence-electron chi connectivity index (χ0n) is 16.3. The molecule has 0 aliphatic rings. The molecule has 0 spiro atoms. The number of carbonyl (C=O) groups is 1. The predicted octanol–water partition coefficient (Wildman–Crippen LogP) is 4.17. The fourth-order valence-corrected chi connectivity index (χ4v) is 2.93. The molecule has 0 bridgehead atoms. The summed E-state index contributed by atoms with van der Waals surface area (Å²) in [6.45, 7) is 14.5. The van der Waals surface area contributed by atoms with Crippen LogP contribution < -0.4 is 0 Å². The summed E-state index contributed by atoms with van der Waals surface area (Å²) in [6, 6.07) is 1.14. The Morgan fingerprint density at radius 2 is 2.04 bits per heavy atom. The van der Waals surface area contributed by atoms with Gasteiger partial charge in [0.2, 0.25) is 0 Å². The van der Waals surface area contributed by atoms with Crippen molar-refractivity contribution in [2.45, 2.75) is 65.3 Å². The lowest BCUT2D eigenvalue weighted by atomic mass is 10.2. The van der Waals surface area contributed by atoms with Crippen LogP contribution in [0.15, 0.2) is 12.5 Å². The third kappa shape index (κ3) is 9.87. The Kier molecular flexibility index (Phi) is 8.44. The standard InChI is InChI=1S/C17H32ClN3O3Si/c1-17(2,3)24-16(22)21(8-7-18)12-15-11-20(13-19-15)14-23-9-10-25(4,5)6/h11,13H,7-10,12,14H2,1-6H3. The van der Waals surface area contributed by atoms with Crippen LogP contribution in [0.2, 0.25) is 25.7 Å². The van der Waals surface area contributed by atoms with Gasteiger partial charge in [0.1, 0.15) is 12.3 Å². The molecule has 0 aliphatic heterocycles. The van der Waals surface area contributed by atoms with E-state index in [-0.39, 0.29) is 6.09 Å². The van der Waals surface area contributed by atoms with E-state index in [1.54, 1.807) is 11.2 Å². The van der Waals surface area contributed by atoms with Crippen LogP contribution in [-0.2, 0) is 22.7 Å². The summed E-state index contributed by atoms with van der Waals surface area (Å²) in [5.41, 5.74) is 0.246. The molecule has 0 fully saturated rings. The molecule has 6 nitrogen and oxygen atoms in total. The number of hydrogen-bond acceptors (Lipinski definition) is 4. The average Bonchev–Trinajstić information content (AvgIpc) is 2.88. The summed E-state index contributed by atoms with van der Waals surface area (Å²) in [5, 5.41) is 0. The van der Waals surface area contributed by atoms with Gasteiger partial charge in [-0.25, -0.2) is 9.78 Å². The molecule has 25 heavy (non-hydrogen) atoms. The number of hydrogen-bond donors (Lipinski definition) is 0. The van der Waals surface area contributed by atoms with Gasteiger partial charge in [0, 0.05) is 33.3 Å². The number of ether oxygens (including phenoxy) is 2. The first kappa shape index (κ1) is 22.0. The van der Waals surface area contributed by atoms with E-state index in [4.69, 9.17) is 21.1 Å². The molecule has 0 unspecified atom stereocenters. The molecule has 0 aromatic carbocycles. The van der Waals surface area contributed by atoms with Crippen LogP contribution in [0.1, 0.15) is 26.5 Å². The molecule has 1 amide bonds. The van der Waals surface area contributed by atoms with Crippen LogP contribution >= 0.6 is 11.6 Å². The van der Waals surface area contributed by atoms with Crippen molar-refractivity contribution in [2.75, 3.05) is 19.0 Å². The summed E-state index contributed by atoms with van der Waals surface area (Å²) < 4.78 is 13.0. The molecule has 0 saturated carbocycles. The maximum absolute atomic E-state index is 12.3. The van der Waals surface area contributed by atoms with Gasteiger partial charge in [-0.05, 0) is 26.8 Å². The van der Waals surface area contributed by atoms with Gasteiger partial charge < -0.3 is 18.9 Å². The van der Waals surface area contributed by atoms with E-state index in [0.717, 1.165) is 18.3 Å². The highest BCUT2D eigenvalue weighted by Crippen LogP contribution is 2.12. The number of carbonyl (C=O) groups excluding carboxylic acids is 1. The second-order valence-corrected chi connectivity index (χ2v) is 14.3. The minimum atomic E-state index is -1.07. The maximum atomic E-state index is 12.3. The van der Waals surface area contributed by atoms with E-state index in [9.17, 15) is 4.79 Å². The zero-order valence-corrected chi connectivity index (χ0v) is 18.1. The van der Waals surface area contributed by atoms with Crippen molar-refractivity contribution in [2.24, 2.45) is 0 Å². The highest BCUT2D eigenvalue weighted by molar-refractivity contribution is 6.76. The second kappa shape index (κ2) is 9.59. The Morgan fingerprint density at radius 1 is 1.36 bits per heavy atom. The van der Waals surface area contributed by atoms with E-state index < -0.39 is 13.7 Å². The number of nitrogens with zero attached hydrogens (tertiary/aromatic N) is 3. The van der Waals surface area contributed by atoms with E-state index in [0.29, 0.717) is 25.7 Å². The molecule has 8 heteroatoms. The summed E-state index contributed by atoms with van der Waals surface area (Å²) >= 11 is 5.81. The minimum Gasteiger partial charge on any atom is -0.444 e. The van der Waals surface area contributed by atoms with Gasteiger partial charge in [-0.1, -0.05) is 19.6 Å². The van der Waals surface area contributed by atoms with Crippen LogP contribution in [0.3, 0.4) is 0 Å². The van der Waals surface area contributed by atoms with Crippen molar-refractivity contribution < 1.29 is 14.3 Å². The Hall–Kier alpha value is -1.05. The summed E-state index contributed by atoms with van der Waals surface area (Å²) in [7, 11) is -1.07. The first-order valence-corrected chi connectivity index (χ1v) is 12.9. The van der Waals surface area contributed by atoms with Crippen molar-refractivity contribution in [1.82, 2.24) is 14.5 Å². The first-order valence-electron chi connectivity index (χ1n) is 8.62. The minimum absolute atomic E-state index is 0.347. The quantitative estimate of drug-likeness (QED) is 0.361. The van der Waals surface area contributed by atoms with E-state index in [2.05, 4.69) is 24.6 Å². The molecule has 0 saturated heterocycles. The number of halogens is 1. The zero-order chi connectivity index (χ0) is 19.1. The monoisotopic (exact) mass is 389 g/mol. The lowest BCUT2D eigenvalue weighted by molar-refractivity contribution is 0.0243. The molecule has 144 valence electrons. The SMILES string of the molecule is CC(C)(C)OC(=O)N(CCCl)Cc1cn(COCC[Si](C)(C)C)cn1. The Balaban J connectivity index is 2.54. The normalized spacial score (nSPS) is 12.3. The molecule has 1 aromatic heterocycles. The average molecular weight is 390 g/mol. The van der Waals surface area contributed by atoms with Crippen molar-refractivity contribution in [3.63, 3.8) is 0 Å². The predicted molar refractivity (Wildman–Crippen MR) is 104 cm³/mol. The molecular formula is C17H32ClN3O3Si. The highest BCUT2D eigenvalue weighted by Gasteiger charge is 2.22. The molecule has 1 aromatic rings. The molecule has 0 aliphatic carbocycles. The molecule has 0 N–H and O–H groups in total. The smallest absolute Gasteiger partial charge is 0.410 e. The topological polar surface area (TPSA) is 56.6 Å². The summed E-state index contributed by atoms with van der Waals surface area (Å²) in [4.78, 5) is 18.2. The lowest BCUT2D eigenvalue weighted by Gasteiger charge is -2.26. The summed E-state index contributed by atoms with van der Waals surface area (Å²) in [5.74, 6) is 0.347. The molecular weight excluding hydrogens is 358 g/mol. The number of rotatable bonds is 9. The van der Waals surface area contributed by atoms with Crippen LogP contribution in [-0.4, -0.2) is 53.3 Å². The Labute approximate surface area is 157 Å². The van der Waals surface area contributed by atoms with Crippen LogP contribution in [0.25, 0.3) is 0 Å². The van der Waals surface area contributed by atoms with Crippen LogP contribution in [0.5, 0.6) is 0 Å². The fraction of sp³-hybridized carbons (Fsp3) is 0.765. The Morgan fingerprint density at radius 3 is 2.60 bits per heavy atom. The maximum Gasteiger partial charge on any atom is 0.410 e. The van der Waals surface area contributed by atoms with Gasteiger partial charge in [-0.2, -0.15) is 0 Å². The number of imidazole rings is 1. The molecule has 1 rings (SSSR count). The van der Waals surface area contributed by atoms with Crippen molar-refractivity contribution >= 4 is 25.8 Å². The van der Waals surface area contributed by atoms with Crippen LogP contribution in [0, 0.1) is 0 Å². The molecule has 1 heterocycles. The van der Waals surface area contributed by atoms with Gasteiger partial charge in [-0.3, -0.25) is 0 Å². The van der Waals surface area contributed by atoms with Crippen molar-refractivity contribution in [3.05, 3.63) is 18.2 Å². The fourth-order valence-electron chi connectivity index (χ4n) is 1.97. The van der Waals surface area contributed by atoms with Crippen molar-refractivity contribution in [1.29, 1.82) is 0 Å². The highest BCUT2D eigenvalue weighted by atomic mass is 35.5. The van der Waals surface area contributed by atoms with Gasteiger partial charge in [0.05, 0.1) is 18.6 Å². The van der Waals surface area contributed by atoms with Gasteiger partial charge in [0.25, 0.3) is 0 Å². The molecule has 0 radical (unpaired) electrons. The number of alkyl halides is 1. The first-order chi connectivity index (χ1) is 11.5. The number of aromatic nitrogens is 2. The third-order valence-corrected chi connectivity index (χ3v) is 5.16. The van der Waals surface area contributed by atoms with Crippen molar-refractivity contribution in [3.8, 4) is 0 Å². The molecule has 0 atom stereocenters. The lowest BCUT2D eigenvalue weighted by Crippen LogP contribution is -2.37. The van der Waals surface area contributed by atoms with E-state index in [1.165, 1.54) is 0 Å². The number of amides is 1.